The maximum absolute atomic E-state index is 4.94. The predicted octanol–water partition coefficient (Wildman–Crippen LogP) is 4.64. The minimum Gasteiger partial charge on any atom is -0.351 e. The summed E-state index contributed by atoms with van der Waals surface area (Å²) in [5.41, 5.74) is 1.29. The van der Waals surface area contributed by atoms with E-state index in [2.05, 4.69) is 58.8 Å². The molecule has 0 aliphatic rings. The Morgan fingerprint density at radius 2 is 1.86 bits per heavy atom. The third-order valence-electron chi connectivity index (χ3n) is 3.83. The number of anilines is 1. The van der Waals surface area contributed by atoms with Gasteiger partial charge in [-0.15, -0.1) is 11.3 Å². The van der Waals surface area contributed by atoms with Crippen LogP contribution in [0.3, 0.4) is 0 Å². The van der Waals surface area contributed by atoms with Crippen molar-refractivity contribution in [3.8, 4) is 0 Å². The summed E-state index contributed by atoms with van der Waals surface area (Å²) in [5, 5.41) is 4.71. The minimum absolute atomic E-state index is 0.513. The van der Waals surface area contributed by atoms with Gasteiger partial charge in [-0.3, -0.25) is 0 Å². The van der Waals surface area contributed by atoms with Crippen LogP contribution in [0.2, 0.25) is 0 Å². The zero-order chi connectivity index (χ0) is 16.0. The van der Waals surface area contributed by atoms with Gasteiger partial charge in [-0.2, -0.15) is 0 Å². The van der Waals surface area contributed by atoms with Crippen molar-refractivity contribution in [3.63, 3.8) is 0 Å². The third kappa shape index (κ3) is 5.95. The summed E-state index contributed by atoms with van der Waals surface area (Å²) in [4.78, 5) is 8.66. The molecule has 1 atom stereocenters. The number of nitrogens with zero attached hydrogens (tertiary/aromatic N) is 2. The van der Waals surface area contributed by atoms with Gasteiger partial charge in [-0.25, -0.2) is 4.98 Å². The highest BCUT2D eigenvalue weighted by Gasteiger charge is 2.18. The number of nitrogens with one attached hydrogen (secondary N) is 1. The summed E-state index contributed by atoms with van der Waals surface area (Å²) in [6.45, 7) is 15.5. The lowest BCUT2D eigenvalue weighted by Crippen LogP contribution is -2.22. The second-order valence-corrected chi connectivity index (χ2v) is 7.82. The van der Waals surface area contributed by atoms with E-state index in [4.69, 9.17) is 4.98 Å². The topological polar surface area (TPSA) is 28.2 Å². The van der Waals surface area contributed by atoms with Crippen molar-refractivity contribution >= 4 is 16.5 Å². The molecular formula is C17H33N3S. The van der Waals surface area contributed by atoms with Gasteiger partial charge < -0.3 is 10.2 Å². The second kappa shape index (κ2) is 8.74. The summed E-state index contributed by atoms with van der Waals surface area (Å²) in [7, 11) is 2.17. The molecule has 0 aromatic carbocycles. The summed E-state index contributed by atoms with van der Waals surface area (Å²) < 4.78 is 0. The van der Waals surface area contributed by atoms with Crippen molar-refractivity contribution in [3.05, 3.63) is 10.6 Å². The number of rotatable bonds is 9. The fraction of sp³-hybridized carbons (Fsp3) is 0.824. The molecule has 0 amide bonds. The fourth-order valence-electron chi connectivity index (χ4n) is 2.06. The molecule has 1 rings (SSSR count). The number of thiazole rings is 1. The molecule has 0 radical (unpaired) electrons. The lowest BCUT2D eigenvalue weighted by molar-refractivity contribution is 0.582. The normalized spacial score (nSPS) is 13.2. The van der Waals surface area contributed by atoms with E-state index in [0.717, 1.165) is 25.4 Å². The minimum atomic E-state index is 0.513. The molecule has 0 aliphatic heterocycles. The third-order valence-corrected chi connectivity index (χ3v) is 5.02. The molecule has 0 aliphatic carbocycles. The average Bonchev–Trinajstić information content (AvgIpc) is 2.85. The van der Waals surface area contributed by atoms with E-state index < -0.39 is 0 Å². The van der Waals surface area contributed by atoms with Crippen molar-refractivity contribution in [2.45, 2.75) is 72.9 Å². The van der Waals surface area contributed by atoms with E-state index in [1.165, 1.54) is 22.1 Å². The molecule has 4 heteroatoms. The number of hydrogen-bond donors (Lipinski definition) is 1. The molecule has 0 spiro atoms. The molecule has 1 N–H and O–H groups in total. The zero-order valence-corrected chi connectivity index (χ0v) is 15.7. The highest BCUT2D eigenvalue weighted by atomic mass is 32.1. The van der Waals surface area contributed by atoms with Crippen molar-refractivity contribution in [2.24, 2.45) is 5.92 Å². The van der Waals surface area contributed by atoms with Crippen molar-refractivity contribution in [1.29, 1.82) is 0 Å². The fourth-order valence-corrected chi connectivity index (χ4v) is 3.18. The molecule has 21 heavy (non-hydrogen) atoms. The molecular weight excluding hydrogens is 278 g/mol. The Kier molecular flexibility index (Phi) is 7.67. The van der Waals surface area contributed by atoms with E-state index in [9.17, 15) is 0 Å². The lowest BCUT2D eigenvalue weighted by Gasteiger charge is -2.16. The maximum atomic E-state index is 4.94. The number of hydrogen-bond acceptors (Lipinski definition) is 4. The van der Waals surface area contributed by atoms with E-state index in [-0.39, 0.29) is 0 Å². The molecule has 1 heterocycles. The molecule has 3 nitrogen and oxygen atoms in total. The van der Waals surface area contributed by atoms with Crippen LogP contribution in [0, 0.1) is 5.92 Å². The Morgan fingerprint density at radius 3 is 2.38 bits per heavy atom. The Bertz CT molecular complexity index is 412. The lowest BCUT2D eigenvalue weighted by atomic mass is 10.0. The molecule has 1 aromatic rings. The smallest absolute Gasteiger partial charge is 0.185 e. The summed E-state index contributed by atoms with van der Waals surface area (Å²) in [5.74, 6) is 1.28. The first kappa shape index (κ1) is 18.4. The first-order chi connectivity index (χ1) is 9.85. The van der Waals surface area contributed by atoms with Gasteiger partial charge in [-0.1, -0.05) is 41.5 Å². The van der Waals surface area contributed by atoms with E-state index in [0.29, 0.717) is 12.0 Å². The Labute approximate surface area is 135 Å². The van der Waals surface area contributed by atoms with Gasteiger partial charge in [-0.05, 0) is 24.7 Å². The average molecular weight is 312 g/mol. The van der Waals surface area contributed by atoms with Gasteiger partial charge in [0, 0.05) is 31.1 Å². The van der Waals surface area contributed by atoms with Gasteiger partial charge in [0.25, 0.3) is 0 Å². The predicted molar refractivity (Wildman–Crippen MR) is 95.5 cm³/mol. The second-order valence-electron chi connectivity index (χ2n) is 6.75. The highest BCUT2D eigenvalue weighted by molar-refractivity contribution is 7.15. The molecule has 0 saturated heterocycles. The summed E-state index contributed by atoms with van der Waals surface area (Å²) in [6, 6.07) is 0.513. The first-order valence-electron chi connectivity index (χ1n) is 8.29. The molecule has 122 valence electrons. The van der Waals surface area contributed by atoms with Gasteiger partial charge >= 0.3 is 0 Å². The van der Waals surface area contributed by atoms with Crippen LogP contribution in [0.25, 0.3) is 0 Å². The van der Waals surface area contributed by atoms with Crippen LogP contribution in [-0.2, 0) is 6.54 Å². The van der Waals surface area contributed by atoms with Crippen LogP contribution < -0.4 is 10.2 Å². The van der Waals surface area contributed by atoms with Gasteiger partial charge in [0.1, 0.15) is 0 Å². The summed E-state index contributed by atoms with van der Waals surface area (Å²) >= 11 is 1.86. The first-order valence-corrected chi connectivity index (χ1v) is 9.10. The molecule has 0 bridgehead atoms. The van der Waals surface area contributed by atoms with Gasteiger partial charge in [0.2, 0.25) is 0 Å². The van der Waals surface area contributed by atoms with Crippen LogP contribution in [0.1, 0.15) is 70.9 Å². The largest absolute Gasteiger partial charge is 0.351 e. The molecule has 0 fully saturated rings. The van der Waals surface area contributed by atoms with E-state index in [1.807, 2.05) is 11.3 Å². The molecule has 0 saturated carbocycles. The van der Waals surface area contributed by atoms with Crippen molar-refractivity contribution < 1.29 is 0 Å². The quantitative estimate of drug-likeness (QED) is 0.720. The van der Waals surface area contributed by atoms with E-state index >= 15 is 0 Å². The van der Waals surface area contributed by atoms with Crippen LogP contribution in [-0.4, -0.2) is 24.6 Å². The van der Waals surface area contributed by atoms with Gasteiger partial charge in [0.15, 0.2) is 5.13 Å². The maximum Gasteiger partial charge on any atom is 0.185 e. The monoisotopic (exact) mass is 311 g/mol. The molecule has 1 unspecified atom stereocenters. The SMILES string of the molecule is CCC(C)c1nc(N(C)CCC(C)C)sc1CNC(C)C. The Morgan fingerprint density at radius 1 is 1.19 bits per heavy atom. The Hall–Kier alpha value is -0.610. The van der Waals surface area contributed by atoms with Crippen LogP contribution in [0.15, 0.2) is 0 Å². The van der Waals surface area contributed by atoms with Crippen LogP contribution >= 0.6 is 11.3 Å². The van der Waals surface area contributed by atoms with Crippen molar-refractivity contribution in [2.75, 3.05) is 18.5 Å². The number of aromatic nitrogens is 1. The van der Waals surface area contributed by atoms with Crippen LogP contribution in [0.5, 0.6) is 0 Å². The highest BCUT2D eigenvalue weighted by Crippen LogP contribution is 2.32. The zero-order valence-electron chi connectivity index (χ0n) is 14.9. The van der Waals surface area contributed by atoms with Crippen LogP contribution in [0.4, 0.5) is 5.13 Å². The van der Waals surface area contributed by atoms with Gasteiger partial charge in [0.05, 0.1) is 5.69 Å². The molecule has 1 aromatic heterocycles. The van der Waals surface area contributed by atoms with Crippen molar-refractivity contribution in [1.82, 2.24) is 10.3 Å². The standard InChI is InChI=1S/C17H33N3S/c1-8-14(6)16-15(11-18-13(4)5)21-17(19-16)20(7)10-9-12(2)3/h12-14,18H,8-11H2,1-7H3. The summed E-state index contributed by atoms with van der Waals surface area (Å²) in [6.07, 6.45) is 2.36. The Balaban J connectivity index is 2.85. The van der Waals surface area contributed by atoms with E-state index in [1.54, 1.807) is 0 Å².